The largest absolute Gasteiger partial charge is 0.317 e. The Morgan fingerprint density at radius 3 is 2.95 bits per heavy atom. The van der Waals surface area contributed by atoms with Crippen molar-refractivity contribution in [1.29, 1.82) is 0 Å². The predicted octanol–water partition coefficient (Wildman–Crippen LogP) is 4.74. The maximum atomic E-state index is 2.36. The van der Waals surface area contributed by atoms with Crippen LogP contribution in [-0.2, 0) is 0 Å². The summed E-state index contributed by atoms with van der Waals surface area (Å²) < 4.78 is 0. The number of rotatable bonds is 0. The highest BCUT2D eigenvalue weighted by Crippen LogP contribution is 2.46. The van der Waals surface area contributed by atoms with Crippen LogP contribution in [0.4, 0.5) is 5.69 Å². The van der Waals surface area contributed by atoms with Gasteiger partial charge in [0.1, 0.15) is 0 Å². The third-order valence-electron chi connectivity index (χ3n) is 4.41. The van der Waals surface area contributed by atoms with Gasteiger partial charge in [-0.05, 0) is 46.2 Å². The summed E-state index contributed by atoms with van der Waals surface area (Å²) in [6.45, 7) is 0. The van der Waals surface area contributed by atoms with Crippen molar-refractivity contribution in [3.63, 3.8) is 0 Å². The first-order valence-corrected chi connectivity index (χ1v) is 7.01. The fourth-order valence-electron chi connectivity index (χ4n) is 3.55. The van der Waals surface area contributed by atoms with Gasteiger partial charge in [-0.15, -0.1) is 0 Å². The number of fused-ring (bicyclic) bond motifs is 2. The third-order valence-corrected chi connectivity index (χ3v) is 4.41. The zero-order valence-electron chi connectivity index (χ0n) is 11.0. The van der Waals surface area contributed by atoms with E-state index in [0.29, 0.717) is 5.92 Å². The number of nitrogens with zero attached hydrogens (tertiary/aromatic N) is 1. The monoisotopic (exact) mass is 255 g/mol. The highest BCUT2D eigenvalue weighted by Gasteiger charge is 2.27. The van der Waals surface area contributed by atoms with Gasteiger partial charge in [-0.3, -0.25) is 0 Å². The van der Waals surface area contributed by atoms with Crippen LogP contribution in [0.5, 0.6) is 0 Å². The molecule has 2 heterocycles. The van der Waals surface area contributed by atoms with Crippen molar-refractivity contribution in [3.05, 3.63) is 83.7 Å². The number of benzene rings is 2. The Bertz CT molecular complexity index is 865. The van der Waals surface area contributed by atoms with Crippen molar-refractivity contribution in [2.45, 2.75) is 5.92 Å². The third kappa shape index (κ3) is 1.17. The van der Waals surface area contributed by atoms with Crippen molar-refractivity contribution in [2.75, 3.05) is 4.90 Å². The van der Waals surface area contributed by atoms with Crippen LogP contribution in [0.3, 0.4) is 0 Å². The molecule has 3 aliphatic rings. The lowest BCUT2D eigenvalue weighted by molar-refractivity contribution is 0.995. The van der Waals surface area contributed by atoms with Gasteiger partial charge in [0.15, 0.2) is 0 Å². The summed E-state index contributed by atoms with van der Waals surface area (Å²) in [6, 6.07) is 11.1. The minimum Gasteiger partial charge on any atom is -0.317 e. The summed E-state index contributed by atoms with van der Waals surface area (Å²) in [6.07, 6.45) is 15.5. The molecule has 20 heavy (non-hydrogen) atoms. The van der Waals surface area contributed by atoms with E-state index >= 15 is 0 Å². The molecule has 0 N–H and O–H groups in total. The quantitative estimate of drug-likeness (QED) is 0.657. The number of hydrogen-bond donors (Lipinski definition) is 0. The Hall–Kier alpha value is -2.54. The molecule has 2 aromatic carbocycles. The van der Waals surface area contributed by atoms with Crippen LogP contribution in [0.15, 0.2) is 72.6 Å². The van der Waals surface area contributed by atoms with Crippen molar-refractivity contribution in [3.8, 4) is 0 Å². The van der Waals surface area contributed by atoms with Gasteiger partial charge in [0.05, 0.1) is 5.69 Å². The van der Waals surface area contributed by atoms with E-state index in [1.807, 2.05) is 0 Å². The maximum absolute atomic E-state index is 2.36. The highest BCUT2D eigenvalue weighted by atomic mass is 15.1. The molecule has 0 aromatic heterocycles. The van der Waals surface area contributed by atoms with Gasteiger partial charge < -0.3 is 4.90 Å². The molecule has 5 rings (SSSR count). The minimum atomic E-state index is 0.394. The topological polar surface area (TPSA) is 3.24 Å². The van der Waals surface area contributed by atoms with Crippen molar-refractivity contribution in [1.82, 2.24) is 0 Å². The highest BCUT2D eigenvalue weighted by molar-refractivity contribution is 6.00. The van der Waals surface area contributed by atoms with E-state index in [2.05, 4.69) is 77.9 Å². The first-order chi connectivity index (χ1) is 9.92. The smallest absolute Gasteiger partial charge is 0.0503 e. The lowest BCUT2D eigenvalue weighted by Gasteiger charge is -2.35. The summed E-state index contributed by atoms with van der Waals surface area (Å²) >= 11 is 0. The summed E-state index contributed by atoms with van der Waals surface area (Å²) in [5.41, 5.74) is 5.37. The fourth-order valence-corrected chi connectivity index (χ4v) is 3.55. The molecule has 94 valence electrons. The summed E-state index contributed by atoms with van der Waals surface area (Å²) in [5, 5.41) is 2.75. The zero-order valence-corrected chi connectivity index (χ0v) is 11.0. The van der Waals surface area contributed by atoms with Crippen LogP contribution in [0, 0.1) is 0 Å². The molecule has 0 fully saturated rings. The van der Waals surface area contributed by atoms with Gasteiger partial charge in [0.25, 0.3) is 0 Å². The molecule has 1 atom stereocenters. The van der Waals surface area contributed by atoms with E-state index in [1.54, 1.807) is 0 Å². The molecule has 2 aromatic rings. The molecule has 0 saturated carbocycles. The van der Waals surface area contributed by atoms with E-state index < -0.39 is 0 Å². The summed E-state index contributed by atoms with van der Waals surface area (Å²) in [5.74, 6) is 0.394. The van der Waals surface area contributed by atoms with Crippen molar-refractivity contribution < 1.29 is 0 Å². The average molecular weight is 255 g/mol. The maximum Gasteiger partial charge on any atom is 0.0503 e. The summed E-state index contributed by atoms with van der Waals surface area (Å²) in [7, 11) is 0. The van der Waals surface area contributed by atoms with E-state index in [0.717, 1.165) is 0 Å². The first kappa shape index (κ1) is 10.3. The van der Waals surface area contributed by atoms with Gasteiger partial charge >= 0.3 is 0 Å². The Labute approximate surface area is 117 Å². The van der Waals surface area contributed by atoms with Crippen LogP contribution in [0.25, 0.3) is 16.8 Å². The van der Waals surface area contributed by atoms with E-state index in [9.17, 15) is 0 Å². The van der Waals surface area contributed by atoms with E-state index in [-0.39, 0.29) is 0 Å². The second-order valence-electron chi connectivity index (χ2n) is 5.49. The Morgan fingerprint density at radius 1 is 0.950 bits per heavy atom. The van der Waals surface area contributed by atoms with Gasteiger partial charge in [0, 0.05) is 17.8 Å². The van der Waals surface area contributed by atoms with Crippen LogP contribution >= 0.6 is 0 Å². The molecule has 1 unspecified atom stereocenters. The normalized spacial score (nSPS) is 21.1. The molecule has 2 aliphatic heterocycles. The van der Waals surface area contributed by atoms with Gasteiger partial charge in [0.2, 0.25) is 0 Å². The van der Waals surface area contributed by atoms with Crippen LogP contribution in [-0.4, -0.2) is 0 Å². The SMILES string of the molecule is C1=CC2=CC3C=Cc4cccc5ccc(c3c45)N2C=C1. The lowest BCUT2D eigenvalue weighted by Crippen LogP contribution is -2.23. The van der Waals surface area contributed by atoms with E-state index in [1.165, 1.54) is 33.3 Å². The lowest BCUT2D eigenvalue weighted by atomic mass is 9.82. The number of allylic oxidation sites excluding steroid dienone is 5. The molecule has 1 aliphatic carbocycles. The number of anilines is 1. The first-order valence-electron chi connectivity index (χ1n) is 7.01. The predicted molar refractivity (Wildman–Crippen MR) is 84.6 cm³/mol. The Balaban J connectivity index is 1.92. The number of hydrogen-bond acceptors (Lipinski definition) is 1. The van der Waals surface area contributed by atoms with Crippen LogP contribution in [0.2, 0.25) is 0 Å². The fraction of sp³-hybridized carbons (Fsp3) is 0.0526. The van der Waals surface area contributed by atoms with Crippen molar-refractivity contribution in [2.24, 2.45) is 0 Å². The minimum absolute atomic E-state index is 0.394. The second kappa shape index (κ2) is 3.51. The molecule has 0 spiro atoms. The molecule has 0 radical (unpaired) electrons. The van der Waals surface area contributed by atoms with Crippen LogP contribution in [0.1, 0.15) is 17.0 Å². The van der Waals surface area contributed by atoms with Crippen molar-refractivity contribution >= 4 is 22.5 Å². The van der Waals surface area contributed by atoms with E-state index in [4.69, 9.17) is 0 Å². The van der Waals surface area contributed by atoms with Gasteiger partial charge in [-0.1, -0.05) is 42.5 Å². The Morgan fingerprint density at radius 2 is 1.95 bits per heavy atom. The molecular formula is C19H13N. The Kier molecular flexibility index (Phi) is 1.80. The molecule has 1 heteroatoms. The van der Waals surface area contributed by atoms with Gasteiger partial charge in [-0.2, -0.15) is 0 Å². The second-order valence-corrected chi connectivity index (χ2v) is 5.49. The summed E-state index contributed by atoms with van der Waals surface area (Å²) in [4.78, 5) is 2.29. The van der Waals surface area contributed by atoms with Gasteiger partial charge in [-0.25, -0.2) is 0 Å². The standard InChI is InChI=1S/C19H13N/c1-2-11-20-16(6-1)12-15-8-7-13-4-3-5-14-9-10-17(20)19(15)18(13)14/h1-12,15H. The molecule has 0 amide bonds. The zero-order chi connectivity index (χ0) is 13.1. The molecule has 1 nitrogen and oxygen atoms in total. The average Bonchev–Trinajstić information content (AvgIpc) is 2.52. The molecule has 0 bridgehead atoms. The van der Waals surface area contributed by atoms with Crippen LogP contribution < -0.4 is 4.90 Å². The molecule has 0 saturated heterocycles. The molecular weight excluding hydrogens is 242 g/mol.